The smallest absolute Gasteiger partial charge is 0.215 e. The van der Waals surface area contributed by atoms with E-state index in [-0.39, 0.29) is 22.8 Å². The van der Waals surface area contributed by atoms with Crippen molar-refractivity contribution in [3.8, 4) is 0 Å². The minimum absolute atomic E-state index is 0.00851. The van der Waals surface area contributed by atoms with E-state index in [9.17, 15) is 14.3 Å². The third-order valence-corrected chi connectivity index (χ3v) is 4.10. The highest BCUT2D eigenvalue weighted by Gasteiger charge is 2.23. The molecule has 4 rings (SSSR count). The first-order valence-corrected chi connectivity index (χ1v) is 8.24. The molecule has 0 aliphatic rings. The van der Waals surface area contributed by atoms with Gasteiger partial charge in [0, 0.05) is 11.1 Å². The summed E-state index contributed by atoms with van der Waals surface area (Å²) in [6, 6.07) is 20.0. The number of allylic oxidation sites excluding steroid dienone is 1. The van der Waals surface area contributed by atoms with Crippen LogP contribution in [-0.2, 0) is 0 Å². The van der Waals surface area contributed by atoms with Gasteiger partial charge in [0.1, 0.15) is 17.2 Å². The Morgan fingerprint density at radius 1 is 0.852 bits per heavy atom. The summed E-state index contributed by atoms with van der Waals surface area (Å²) in [7, 11) is 0. The van der Waals surface area contributed by atoms with Gasteiger partial charge in [0.15, 0.2) is 5.65 Å². The number of benzene rings is 2. The molecule has 2 heterocycles. The van der Waals surface area contributed by atoms with Gasteiger partial charge in [-0.05, 0) is 12.1 Å². The van der Waals surface area contributed by atoms with Gasteiger partial charge in [-0.25, -0.2) is 4.98 Å². The van der Waals surface area contributed by atoms with Crippen molar-refractivity contribution in [2.45, 2.75) is 0 Å². The predicted molar refractivity (Wildman–Crippen MR) is 101 cm³/mol. The number of fused-ring (bicyclic) bond motifs is 1. The summed E-state index contributed by atoms with van der Waals surface area (Å²) in [5.74, 6) is -1.17. The van der Waals surface area contributed by atoms with Gasteiger partial charge < -0.3 is 10.1 Å². The largest absolute Gasteiger partial charge is 0.506 e. The van der Waals surface area contributed by atoms with Crippen LogP contribution in [0.1, 0.15) is 21.7 Å². The van der Waals surface area contributed by atoms with Gasteiger partial charge >= 0.3 is 0 Å². The summed E-state index contributed by atoms with van der Waals surface area (Å²) in [5.41, 5.74) is 1.45. The van der Waals surface area contributed by atoms with E-state index in [1.165, 1.54) is 12.1 Å². The summed E-state index contributed by atoms with van der Waals surface area (Å²) < 4.78 is 13.4. The van der Waals surface area contributed by atoms with Crippen LogP contribution in [0.3, 0.4) is 0 Å². The van der Waals surface area contributed by atoms with Crippen LogP contribution >= 0.6 is 0 Å². The maximum absolute atomic E-state index is 13.4. The number of aliphatic hydroxyl groups excluding tert-OH is 1. The molecule has 0 saturated heterocycles. The normalized spacial score (nSPS) is 12.0. The lowest BCUT2D eigenvalue weighted by atomic mass is 9.99. The van der Waals surface area contributed by atoms with Gasteiger partial charge in [0.25, 0.3) is 0 Å². The first-order chi connectivity index (χ1) is 13.1. The van der Waals surface area contributed by atoms with Gasteiger partial charge in [-0.1, -0.05) is 60.7 Å². The molecule has 4 aromatic rings. The Morgan fingerprint density at radius 2 is 1.48 bits per heavy atom. The predicted octanol–water partition coefficient (Wildman–Crippen LogP) is 4.41. The second-order valence-corrected chi connectivity index (χ2v) is 5.88. The number of aliphatic hydroxyl groups is 1. The molecule has 0 aliphatic carbocycles. The summed E-state index contributed by atoms with van der Waals surface area (Å²) >= 11 is 0. The van der Waals surface area contributed by atoms with Gasteiger partial charge in [-0.2, -0.15) is 9.37 Å². The van der Waals surface area contributed by atoms with Crippen molar-refractivity contribution in [1.82, 2.24) is 15.0 Å². The van der Waals surface area contributed by atoms with Crippen molar-refractivity contribution in [2.75, 3.05) is 0 Å². The monoisotopic (exact) mass is 359 g/mol. The van der Waals surface area contributed by atoms with Crippen molar-refractivity contribution in [1.29, 1.82) is 0 Å². The van der Waals surface area contributed by atoms with Crippen molar-refractivity contribution < 1.29 is 14.3 Å². The fourth-order valence-electron chi connectivity index (χ4n) is 2.79. The number of nitrogens with zero attached hydrogens (tertiary/aromatic N) is 2. The van der Waals surface area contributed by atoms with Crippen molar-refractivity contribution in [3.05, 3.63) is 95.7 Å². The average molecular weight is 359 g/mol. The summed E-state index contributed by atoms with van der Waals surface area (Å²) in [6.45, 7) is 0. The Hall–Kier alpha value is -3.80. The Bertz CT molecular complexity index is 1150. The first-order valence-electron chi connectivity index (χ1n) is 8.24. The minimum Gasteiger partial charge on any atom is -0.506 e. The molecule has 0 spiro atoms. The van der Waals surface area contributed by atoms with Gasteiger partial charge in [0.2, 0.25) is 11.7 Å². The molecular weight excluding hydrogens is 345 g/mol. The van der Waals surface area contributed by atoms with Crippen LogP contribution in [0.15, 0.2) is 72.8 Å². The topological polar surface area (TPSA) is 78.9 Å². The Labute approximate surface area is 153 Å². The fraction of sp³-hybridized carbons (Fsp3) is 0. The number of carbonyl (C=O) groups excluding carboxylic acids is 1. The quantitative estimate of drug-likeness (QED) is 0.245. The second-order valence-electron chi connectivity index (χ2n) is 5.88. The molecule has 132 valence electrons. The lowest BCUT2D eigenvalue weighted by Gasteiger charge is -2.08. The number of nitrogens with one attached hydrogen (secondary N) is 1. The van der Waals surface area contributed by atoms with E-state index in [1.807, 2.05) is 6.07 Å². The highest BCUT2D eigenvalue weighted by Crippen LogP contribution is 2.27. The van der Waals surface area contributed by atoms with E-state index >= 15 is 0 Å². The highest BCUT2D eigenvalue weighted by atomic mass is 19.1. The van der Waals surface area contributed by atoms with E-state index in [4.69, 9.17) is 0 Å². The van der Waals surface area contributed by atoms with E-state index in [1.54, 1.807) is 54.6 Å². The molecule has 0 radical (unpaired) electrons. The molecule has 0 aliphatic heterocycles. The maximum Gasteiger partial charge on any atom is 0.215 e. The SMILES string of the molecule is O=C(C(=C(O)c1ccccc1)c1nc2nc(F)ccc2[nH]1)c1ccccc1. The number of imidazole rings is 1. The van der Waals surface area contributed by atoms with Gasteiger partial charge in [-0.3, -0.25) is 4.79 Å². The summed E-state index contributed by atoms with van der Waals surface area (Å²) in [6.07, 6.45) is 0. The van der Waals surface area contributed by atoms with E-state index in [0.717, 1.165) is 0 Å². The Morgan fingerprint density at radius 3 is 2.15 bits per heavy atom. The van der Waals surface area contributed by atoms with Crippen molar-refractivity contribution >= 4 is 28.3 Å². The number of pyridine rings is 1. The summed E-state index contributed by atoms with van der Waals surface area (Å²) in [4.78, 5) is 24.0. The summed E-state index contributed by atoms with van der Waals surface area (Å²) in [5, 5.41) is 10.8. The van der Waals surface area contributed by atoms with Crippen LogP contribution in [0, 0.1) is 5.95 Å². The molecule has 0 amide bonds. The van der Waals surface area contributed by atoms with Gasteiger partial charge in [-0.15, -0.1) is 0 Å². The van der Waals surface area contributed by atoms with Crippen LogP contribution in [0.25, 0.3) is 22.5 Å². The lowest BCUT2D eigenvalue weighted by Crippen LogP contribution is -2.07. The number of ketones is 1. The number of hydrogen-bond acceptors (Lipinski definition) is 4. The number of carbonyl (C=O) groups is 1. The average Bonchev–Trinajstić information content (AvgIpc) is 3.11. The van der Waals surface area contributed by atoms with Crippen LogP contribution in [-0.4, -0.2) is 25.8 Å². The first kappa shape index (κ1) is 16.7. The lowest BCUT2D eigenvalue weighted by molar-refractivity contribution is 0.105. The third-order valence-electron chi connectivity index (χ3n) is 4.10. The molecule has 0 atom stereocenters. The van der Waals surface area contributed by atoms with Crippen LogP contribution < -0.4 is 0 Å². The Balaban J connectivity index is 1.94. The fourth-order valence-corrected chi connectivity index (χ4v) is 2.79. The molecule has 5 nitrogen and oxygen atoms in total. The molecule has 0 bridgehead atoms. The maximum atomic E-state index is 13.4. The number of aromatic nitrogens is 3. The number of aromatic amines is 1. The third kappa shape index (κ3) is 3.20. The van der Waals surface area contributed by atoms with Gasteiger partial charge in [0.05, 0.1) is 5.52 Å². The van der Waals surface area contributed by atoms with Crippen LogP contribution in [0.4, 0.5) is 4.39 Å². The number of H-pyrrole nitrogens is 1. The molecule has 6 heteroatoms. The number of rotatable bonds is 4. The zero-order valence-electron chi connectivity index (χ0n) is 14.1. The number of Topliss-reactive ketones (excluding diaryl/α,β-unsaturated/α-hetero) is 1. The van der Waals surface area contributed by atoms with E-state index < -0.39 is 11.7 Å². The number of hydrogen-bond donors (Lipinski definition) is 2. The second kappa shape index (κ2) is 6.84. The van der Waals surface area contributed by atoms with E-state index in [0.29, 0.717) is 16.6 Å². The number of halogens is 1. The molecule has 27 heavy (non-hydrogen) atoms. The Kier molecular flexibility index (Phi) is 4.22. The molecular formula is C21H14FN3O2. The molecule has 0 unspecified atom stereocenters. The molecule has 2 aromatic carbocycles. The molecule has 2 N–H and O–H groups in total. The zero-order chi connectivity index (χ0) is 18.8. The standard InChI is InChI=1S/C21H14FN3O2/c22-16-12-11-15-20(24-16)25-21(23-15)17(18(26)13-7-3-1-4-8-13)19(27)14-9-5-2-6-10-14/h1-12,26H,(H,23,24,25). The zero-order valence-corrected chi connectivity index (χ0v) is 14.1. The highest BCUT2D eigenvalue weighted by molar-refractivity contribution is 6.33. The minimum atomic E-state index is -0.673. The van der Waals surface area contributed by atoms with E-state index in [2.05, 4.69) is 15.0 Å². The molecule has 2 aromatic heterocycles. The van der Waals surface area contributed by atoms with Crippen molar-refractivity contribution in [2.24, 2.45) is 0 Å². The molecule has 0 saturated carbocycles. The van der Waals surface area contributed by atoms with Crippen LogP contribution in [0.5, 0.6) is 0 Å². The van der Waals surface area contributed by atoms with Crippen LogP contribution in [0.2, 0.25) is 0 Å². The van der Waals surface area contributed by atoms with Crippen molar-refractivity contribution in [3.63, 3.8) is 0 Å². The molecule has 0 fully saturated rings.